The van der Waals surface area contributed by atoms with Crippen molar-refractivity contribution in [2.45, 2.75) is 31.6 Å². The van der Waals surface area contributed by atoms with Gasteiger partial charge in [-0.25, -0.2) is 4.39 Å². The van der Waals surface area contributed by atoms with E-state index in [9.17, 15) is 14.4 Å². The highest BCUT2D eigenvalue weighted by Crippen LogP contribution is 2.39. The third kappa shape index (κ3) is 4.51. The number of amides is 1. The quantitative estimate of drug-likeness (QED) is 0.785. The second kappa shape index (κ2) is 9.13. The number of fused-ring (bicyclic) bond motifs is 3. The van der Waals surface area contributed by atoms with Crippen LogP contribution < -0.4 is 15.4 Å². The second-order valence-electron chi connectivity index (χ2n) is 7.53. The molecule has 0 unspecified atom stereocenters. The van der Waals surface area contributed by atoms with Gasteiger partial charge in [0.05, 0.1) is 11.6 Å². The number of nitrogens with one attached hydrogen (secondary N) is 2. The van der Waals surface area contributed by atoms with Gasteiger partial charge in [0.1, 0.15) is 36.4 Å². The van der Waals surface area contributed by atoms with E-state index in [4.69, 9.17) is 14.7 Å². The molecule has 2 aromatic carbocycles. The number of hydrogen-bond acceptors (Lipinski definition) is 6. The summed E-state index contributed by atoms with van der Waals surface area (Å²) in [6, 6.07) is 11.6. The van der Waals surface area contributed by atoms with Crippen molar-refractivity contribution in [2.75, 3.05) is 19.7 Å². The third-order valence-corrected chi connectivity index (χ3v) is 5.38. The van der Waals surface area contributed by atoms with E-state index in [1.54, 1.807) is 0 Å². The van der Waals surface area contributed by atoms with Gasteiger partial charge in [-0.1, -0.05) is 18.2 Å². The summed E-state index contributed by atoms with van der Waals surface area (Å²) in [6.07, 6.45) is 0.553. The molecule has 4 rings (SSSR count). The molecule has 2 heterocycles. The lowest BCUT2D eigenvalue weighted by molar-refractivity contribution is -0.132. The summed E-state index contributed by atoms with van der Waals surface area (Å²) in [4.78, 5) is 12.5. The van der Waals surface area contributed by atoms with Crippen LogP contribution in [0.4, 0.5) is 4.39 Å². The van der Waals surface area contributed by atoms with Crippen LogP contribution in [0.2, 0.25) is 0 Å². The standard InChI is InChI=1S/C23H21FN4O3/c24-20-9-19-18-3-2-14(6-16(18)13-31-21(19)8-15(20)10-25)7-17(11-26)28-23(29)22-12-27-4-1-5-30-22/h2-3,6,8-9,17,22,27H,1,4-5,7,12-13H2,(H,28,29)/t17-,22-/m0/s1. The normalized spacial score (nSPS) is 18.2. The van der Waals surface area contributed by atoms with E-state index in [2.05, 4.69) is 16.7 Å². The molecule has 7 nitrogen and oxygen atoms in total. The Balaban J connectivity index is 1.49. The van der Waals surface area contributed by atoms with Crippen molar-refractivity contribution >= 4 is 5.91 Å². The predicted molar refractivity (Wildman–Crippen MR) is 109 cm³/mol. The average molecular weight is 420 g/mol. The van der Waals surface area contributed by atoms with Gasteiger partial charge in [-0.2, -0.15) is 10.5 Å². The summed E-state index contributed by atoms with van der Waals surface area (Å²) in [5.41, 5.74) is 3.07. The van der Waals surface area contributed by atoms with Crippen molar-refractivity contribution in [1.82, 2.24) is 10.6 Å². The highest BCUT2D eigenvalue weighted by molar-refractivity contribution is 5.81. The van der Waals surface area contributed by atoms with Crippen LogP contribution in [0.5, 0.6) is 5.75 Å². The molecule has 2 aliphatic rings. The van der Waals surface area contributed by atoms with Crippen LogP contribution in [0.3, 0.4) is 0 Å². The van der Waals surface area contributed by atoms with Crippen molar-refractivity contribution in [1.29, 1.82) is 10.5 Å². The highest BCUT2D eigenvalue weighted by atomic mass is 19.1. The zero-order chi connectivity index (χ0) is 21.8. The number of nitriles is 2. The zero-order valence-electron chi connectivity index (χ0n) is 16.8. The van der Waals surface area contributed by atoms with Gasteiger partial charge in [-0.05, 0) is 35.7 Å². The summed E-state index contributed by atoms with van der Waals surface area (Å²) >= 11 is 0. The van der Waals surface area contributed by atoms with Gasteiger partial charge < -0.3 is 20.1 Å². The fourth-order valence-electron chi connectivity index (χ4n) is 3.79. The van der Waals surface area contributed by atoms with Crippen LogP contribution in [0.25, 0.3) is 11.1 Å². The molecule has 2 aliphatic heterocycles. The molecule has 2 N–H and O–H groups in total. The van der Waals surface area contributed by atoms with Gasteiger partial charge in [-0.15, -0.1) is 0 Å². The lowest BCUT2D eigenvalue weighted by Crippen LogP contribution is -2.46. The highest BCUT2D eigenvalue weighted by Gasteiger charge is 2.24. The molecule has 0 spiro atoms. The first-order valence-corrected chi connectivity index (χ1v) is 10.1. The Bertz CT molecular complexity index is 1080. The van der Waals surface area contributed by atoms with Gasteiger partial charge in [-0.3, -0.25) is 4.79 Å². The molecule has 2 atom stereocenters. The molecule has 1 saturated heterocycles. The van der Waals surface area contributed by atoms with Gasteiger partial charge in [0, 0.05) is 31.2 Å². The van der Waals surface area contributed by atoms with E-state index in [0.717, 1.165) is 29.7 Å². The summed E-state index contributed by atoms with van der Waals surface area (Å²) in [6.45, 7) is 2.00. The number of halogens is 1. The predicted octanol–water partition coefficient (Wildman–Crippen LogP) is 2.19. The maximum atomic E-state index is 14.1. The lowest BCUT2D eigenvalue weighted by atomic mass is 9.93. The van der Waals surface area contributed by atoms with Crippen molar-refractivity contribution in [3.63, 3.8) is 0 Å². The van der Waals surface area contributed by atoms with Crippen LogP contribution in [-0.2, 0) is 22.6 Å². The topological polar surface area (TPSA) is 107 Å². The minimum atomic E-state index is -0.704. The van der Waals surface area contributed by atoms with Gasteiger partial charge in [0.15, 0.2) is 0 Å². The monoisotopic (exact) mass is 420 g/mol. The molecule has 1 amide bonds. The Morgan fingerprint density at radius 2 is 2.16 bits per heavy atom. The summed E-state index contributed by atoms with van der Waals surface area (Å²) in [7, 11) is 0. The van der Waals surface area contributed by atoms with Gasteiger partial charge >= 0.3 is 0 Å². The number of nitrogens with zero attached hydrogens (tertiary/aromatic N) is 2. The average Bonchev–Trinajstić information content (AvgIpc) is 3.07. The Morgan fingerprint density at radius 1 is 1.29 bits per heavy atom. The van der Waals surface area contributed by atoms with Crippen LogP contribution >= 0.6 is 0 Å². The summed E-state index contributed by atoms with van der Waals surface area (Å²) < 4.78 is 25.4. The maximum absolute atomic E-state index is 14.1. The molecule has 31 heavy (non-hydrogen) atoms. The third-order valence-electron chi connectivity index (χ3n) is 5.38. The van der Waals surface area contributed by atoms with E-state index in [-0.39, 0.29) is 18.1 Å². The summed E-state index contributed by atoms with van der Waals surface area (Å²) in [5, 5.41) is 24.4. The molecular weight excluding hydrogens is 399 g/mol. The first-order chi connectivity index (χ1) is 15.1. The number of ether oxygens (including phenoxy) is 2. The minimum Gasteiger partial charge on any atom is -0.488 e. The molecule has 1 fully saturated rings. The molecular formula is C23H21FN4O3. The van der Waals surface area contributed by atoms with Crippen LogP contribution in [0, 0.1) is 28.5 Å². The second-order valence-corrected chi connectivity index (χ2v) is 7.53. The smallest absolute Gasteiger partial charge is 0.251 e. The Hall–Kier alpha value is -3.46. The number of benzene rings is 2. The molecule has 0 saturated carbocycles. The molecule has 8 heteroatoms. The summed E-state index contributed by atoms with van der Waals surface area (Å²) in [5.74, 6) is -0.429. The molecule has 0 bridgehead atoms. The van der Waals surface area contributed by atoms with Gasteiger partial charge in [0.2, 0.25) is 0 Å². The lowest BCUT2D eigenvalue weighted by Gasteiger charge is -2.22. The van der Waals surface area contributed by atoms with E-state index < -0.39 is 18.0 Å². The largest absolute Gasteiger partial charge is 0.488 e. The van der Waals surface area contributed by atoms with Crippen LogP contribution in [0.15, 0.2) is 30.3 Å². The molecule has 2 aromatic rings. The minimum absolute atomic E-state index is 0.0562. The molecule has 0 radical (unpaired) electrons. The van der Waals surface area contributed by atoms with E-state index in [0.29, 0.717) is 30.9 Å². The van der Waals surface area contributed by atoms with Crippen molar-refractivity contribution < 1.29 is 18.7 Å². The number of rotatable bonds is 4. The first kappa shape index (κ1) is 20.8. The molecule has 0 aliphatic carbocycles. The van der Waals surface area contributed by atoms with E-state index >= 15 is 0 Å². The zero-order valence-corrected chi connectivity index (χ0v) is 16.8. The number of carbonyl (C=O) groups excluding carboxylic acids is 1. The van der Waals surface area contributed by atoms with E-state index in [1.807, 2.05) is 24.3 Å². The van der Waals surface area contributed by atoms with Gasteiger partial charge in [0.25, 0.3) is 5.91 Å². The number of carbonyl (C=O) groups is 1. The first-order valence-electron chi connectivity index (χ1n) is 10.1. The molecule has 158 valence electrons. The fourth-order valence-corrected chi connectivity index (χ4v) is 3.79. The Kier molecular flexibility index (Phi) is 6.13. The Labute approximate surface area is 179 Å². The van der Waals surface area contributed by atoms with Crippen molar-refractivity contribution in [2.24, 2.45) is 0 Å². The number of hydrogen-bond donors (Lipinski definition) is 2. The van der Waals surface area contributed by atoms with Crippen molar-refractivity contribution in [3.05, 3.63) is 52.8 Å². The van der Waals surface area contributed by atoms with Crippen molar-refractivity contribution in [3.8, 4) is 29.0 Å². The Morgan fingerprint density at radius 3 is 2.97 bits per heavy atom. The fraction of sp³-hybridized carbons (Fsp3) is 0.348. The molecule has 0 aromatic heterocycles. The van der Waals surface area contributed by atoms with E-state index in [1.165, 1.54) is 12.1 Å². The van der Waals surface area contributed by atoms with Crippen LogP contribution in [0.1, 0.15) is 23.1 Å². The SMILES string of the molecule is N#Cc1cc2c(cc1F)-c1ccc(C[C@@H](C#N)NC(=O)[C@@H]3CNCCCO3)cc1CO2. The maximum Gasteiger partial charge on any atom is 0.251 e. The van der Waals surface area contributed by atoms with Crippen LogP contribution in [-0.4, -0.2) is 37.7 Å².